The summed E-state index contributed by atoms with van der Waals surface area (Å²) in [6.07, 6.45) is 1.21. The van der Waals surface area contributed by atoms with E-state index in [4.69, 9.17) is 14.7 Å². The minimum Gasteiger partial charge on any atom is -0.377 e. The van der Waals surface area contributed by atoms with Crippen LogP contribution >= 0.6 is 11.3 Å². The van der Waals surface area contributed by atoms with Crippen LogP contribution in [-0.4, -0.2) is 67.0 Å². The predicted octanol–water partition coefficient (Wildman–Crippen LogP) is 2.70. The highest BCUT2D eigenvalue weighted by atomic mass is 32.2. The number of imidazole rings is 1. The number of nitrogens with one attached hydrogen (secondary N) is 1. The van der Waals surface area contributed by atoms with Crippen LogP contribution in [0.1, 0.15) is 6.92 Å². The molecule has 4 aromatic rings. The van der Waals surface area contributed by atoms with E-state index in [1.165, 1.54) is 17.6 Å². The summed E-state index contributed by atoms with van der Waals surface area (Å²) in [7, 11) is -1.67. The van der Waals surface area contributed by atoms with Crippen LogP contribution in [0.2, 0.25) is 0 Å². The molecule has 0 radical (unpaired) electrons. The molecule has 1 N–H and O–H groups in total. The first kappa shape index (κ1) is 20.2. The maximum absolute atomic E-state index is 12.5. The summed E-state index contributed by atoms with van der Waals surface area (Å²) in [5.74, 6) is 1.68. The second-order valence-electron chi connectivity index (χ2n) is 7.52. The van der Waals surface area contributed by atoms with Gasteiger partial charge in [0.1, 0.15) is 10.4 Å². The van der Waals surface area contributed by atoms with E-state index < -0.39 is 9.84 Å². The number of hydrogen-bond acceptors (Lipinski definition) is 9. The lowest BCUT2D eigenvalue weighted by atomic mass is 10.2. The Hall–Kier alpha value is -2.76. The van der Waals surface area contributed by atoms with E-state index in [2.05, 4.69) is 22.1 Å². The van der Waals surface area contributed by atoms with Crippen LogP contribution in [0.3, 0.4) is 0 Å². The monoisotopic (exact) mass is 458 g/mol. The lowest BCUT2D eigenvalue weighted by Crippen LogP contribution is -2.44. The average Bonchev–Trinajstić information content (AvgIpc) is 3.34. The molecule has 1 fully saturated rings. The van der Waals surface area contributed by atoms with Crippen molar-refractivity contribution in [2.45, 2.75) is 17.9 Å². The molecule has 0 aliphatic carbocycles. The molecule has 162 valence electrons. The predicted molar refractivity (Wildman–Crippen MR) is 122 cm³/mol. The highest BCUT2D eigenvalue weighted by Gasteiger charge is 2.28. The van der Waals surface area contributed by atoms with Crippen LogP contribution in [0.15, 0.2) is 34.5 Å². The summed E-state index contributed by atoms with van der Waals surface area (Å²) in [4.78, 5) is 16.7. The molecule has 31 heavy (non-hydrogen) atoms. The number of nitrogens with zero attached hydrogens (tertiary/aromatic N) is 5. The highest BCUT2D eigenvalue weighted by Crippen LogP contribution is 2.37. The summed E-state index contributed by atoms with van der Waals surface area (Å²) >= 11 is 1.36. The Kier molecular flexibility index (Phi) is 4.83. The Bertz CT molecular complexity index is 1390. The third kappa shape index (κ3) is 3.33. The van der Waals surface area contributed by atoms with Crippen LogP contribution in [0.4, 0.5) is 11.8 Å². The number of benzene rings is 1. The number of fused-ring (bicyclic) bond motifs is 2. The van der Waals surface area contributed by atoms with Gasteiger partial charge in [0.15, 0.2) is 15.7 Å². The number of hydrogen-bond donors (Lipinski definition) is 1. The Labute approximate surface area is 183 Å². The van der Waals surface area contributed by atoms with Crippen LogP contribution in [0.5, 0.6) is 0 Å². The number of anilines is 2. The first-order valence-electron chi connectivity index (χ1n) is 9.88. The molecular weight excluding hydrogens is 436 g/mol. The van der Waals surface area contributed by atoms with Gasteiger partial charge in [0.05, 0.1) is 35.0 Å². The van der Waals surface area contributed by atoms with Gasteiger partial charge in [-0.3, -0.25) is 0 Å². The zero-order valence-corrected chi connectivity index (χ0v) is 19.0. The normalized spacial score (nSPS) is 17.5. The van der Waals surface area contributed by atoms with E-state index in [-0.39, 0.29) is 10.9 Å². The van der Waals surface area contributed by atoms with E-state index in [1.54, 1.807) is 12.4 Å². The van der Waals surface area contributed by atoms with E-state index in [0.29, 0.717) is 37.2 Å². The molecule has 5 rings (SSSR count). The van der Waals surface area contributed by atoms with E-state index in [1.807, 2.05) is 28.8 Å². The molecule has 0 amide bonds. The van der Waals surface area contributed by atoms with E-state index in [0.717, 1.165) is 21.6 Å². The largest absolute Gasteiger partial charge is 0.377 e. The molecule has 1 saturated heterocycles. The fourth-order valence-electron chi connectivity index (χ4n) is 3.87. The van der Waals surface area contributed by atoms with Crippen molar-refractivity contribution in [1.29, 1.82) is 0 Å². The number of morpholine rings is 1. The van der Waals surface area contributed by atoms with Crippen LogP contribution < -0.4 is 10.2 Å². The van der Waals surface area contributed by atoms with E-state index in [9.17, 15) is 8.42 Å². The summed E-state index contributed by atoms with van der Waals surface area (Å²) in [5.41, 5.74) is 2.07. The molecule has 4 heterocycles. The Morgan fingerprint density at radius 1 is 1.23 bits per heavy atom. The molecule has 1 aromatic carbocycles. The highest BCUT2D eigenvalue weighted by molar-refractivity contribution is 7.91. The second-order valence-corrected chi connectivity index (χ2v) is 10.4. The van der Waals surface area contributed by atoms with E-state index >= 15 is 0 Å². The summed E-state index contributed by atoms with van der Waals surface area (Å²) in [6, 6.07) is 7.81. The zero-order valence-electron chi connectivity index (χ0n) is 17.4. The first-order chi connectivity index (χ1) is 14.9. The third-order valence-electron chi connectivity index (χ3n) is 5.38. The van der Waals surface area contributed by atoms with Gasteiger partial charge in [-0.15, -0.1) is 11.3 Å². The molecule has 1 aliphatic rings. The van der Waals surface area contributed by atoms with Crippen LogP contribution in [0.25, 0.3) is 27.2 Å². The number of ether oxygens (including phenoxy) is 1. The van der Waals surface area contributed by atoms with Crippen molar-refractivity contribution in [3.05, 3.63) is 29.6 Å². The Morgan fingerprint density at radius 2 is 2.03 bits per heavy atom. The van der Waals surface area contributed by atoms with Gasteiger partial charge in [0.25, 0.3) is 0 Å². The minimum atomic E-state index is -3.45. The van der Waals surface area contributed by atoms with Crippen molar-refractivity contribution in [3.63, 3.8) is 0 Å². The van der Waals surface area contributed by atoms with Gasteiger partial charge >= 0.3 is 0 Å². The molecule has 9 nitrogen and oxygen atoms in total. The van der Waals surface area contributed by atoms with Gasteiger partial charge < -0.3 is 15.0 Å². The van der Waals surface area contributed by atoms with Crippen molar-refractivity contribution in [3.8, 4) is 5.95 Å². The number of para-hydroxylation sites is 2. The minimum absolute atomic E-state index is 0.104. The summed E-state index contributed by atoms with van der Waals surface area (Å²) in [6.45, 7) is 3.91. The average molecular weight is 459 g/mol. The Balaban J connectivity index is 1.84. The van der Waals surface area contributed by atoms with Crippen LogP contribution in [-0.2, 0) is 14.6 Å². The van der Waals surface area contributed by atoms with Crippen LogP contribution in [0, 0.1) is 0 Å². The smallest absolute Gasteiger partial charge is 0.239 e. The molecule has 1 atom stereocenters. The zero-order chi connectivity index (χ0) is 21.8. The number of rotatable bonds is 4. The second kappa shape index (κ2) is 7.43. The molecular formula is C20H22N6O3S2. The molecule has 1 aliphatic heterocycles. The standard InChI is InChI=1S/C20H22N6O3S2/c1-12-10-29-9-8-25(12)18-17-16(15(11-30-17)31(3,27)28)23-20(24-18)26-14-7-5-4-6-13(14)22-19(26)21-2/h4-7,11-12H,8-10H2,1-3H3,(H,21,22)/t12-/m1/s1. The third-order valence-corrected chi connectivity index (χ3v) is 7.60. The number of aromatic nitrogens is 4. The van der Waals surface area contributed by atoms with Gasteiger partial charge in [0.2, 0.25) is 11.9 Å². The fourth-order valence-corrected chi connectivity index (χ4v) is 6.15. The maximum atomic E-state index is 12.5. The van der Waals surface area contributed by atoms with Crippen molar-refractivity contribution in [2.24, 2.45) is 0 Å². The summed E-state index contributed by atoms with van der Waals surface area (Å²) in [5, 5.41) is 4.75. The number of thiophene rings is 1. The van der Waals surface area contributed by atoms with Crippen molar-refractivity contribution < 1.29 is 13.2 Å². The molecule has 0 saturated carbocycles. The fraction of sp³-hybridized carbons (Fsp3) is 0.350. The Morgan fingerprint density at radius 3 is 2.77 bits per heavy atom. The van der Waals surface area contributed by atoms with Crippen molar-refractivity contribution in [1.82, 2.24) is 19.5 Å². The SMILES string of the molecule is CNc1nc2ccccc2n1-c1nc(N2CCOC[C@H]2C)c2scc(S(C)(=O)=O)c2n1. The number of sulfone groups is 1. The lowest BCUT2D eigenvalue weighted by molar-refractivity contribution is 0.0987. The molecule has 11 heteroatoms. The summed E-state index contributed by atoms with van der Waals surface area (Å²) < 4.78 is 33.1. The quantitative estimate of drug-likeness (QED) is 0.498. The molecule has 0 spiro atoms. The lowest BCUT2D eigenvalue weighted by Gasteiger charge is -2.34. The topological polar surface area (TPSA) is 102 Å². The van der Waals surface area contributed by atoms with Crippen molar-refractivity contribution >= 4 is 54.2 Å². The first-order valence-corrected chi connectivity index (χ1v) is 12.6. The molecule has 0 bridgehead atoms. The maximum Gasteiger partial charge on any atom is 0.239 e. The van der Waals surface area contributed by atoms with Gasteiger partial charge in [-0.25, -0.2) is 23.0 Å². The van der Waals surface area contributed by atoms with Crippen molar-refractivity contribution in [2.75, 3.05) is 43.3 Å². The molecule has 0 unspecified atom stereocenters. The van der Waals surface area contributed by atoms with Gasteiger partial charge in [-0.05, 0) is 19.1 Å². The van der Waals surface area contributed by atoms with Gasteiger partial charge in [-0.2, -0.15) is 4.98 Å². The van der Waals surface area contributed by atoms with Gasteiger partial charge in [-0.1, -0.05) is 12.1 Å². The molecule has 3 aromatic heterocycles. The van der Waals surface area contributed by atoms with Gasteiger partial charge in [0, 0.05) is 25.2 Å².